The van der Waals surface area contributed by atoms with Crippen LogP contribution < -0.4 is 5.32 Å². The van der Waals surface area contributed by atoms with Crippen molar-refractivity contribution in [3.05, 3.63) is 35.4 Å². The molecule has 0 amide bonds. The average Bonchev–Trinajstić information content (AvgIpc) is 2.93. The van der Waals surface area contributed by atoms with Crippen LogP contribution in [0, 0.1) is 11.3 Å². The Kier molecular flexibility index (Phi) is 4.19. The monoisotopic (exact) mass is 329 g/mol. The quantitative estimate of drug-likeness (QED) is 0.892. The molecule has 1 saturated carbocycles. The first kappa shape index (κ1) is 16.7. The van der Waals surface area contributed by atoms with Gasteiger partial charge in [-0.2, -0.15) is 13.2 Å². The summed E-state index contributed by atoms with van der Waals surface area (Å²) in [6, 6.07) is 5.10. The van der Waals surface area contributed by atoms with Crippen LogP contribution in [-0.2, 0) is 10.9 Å². The SMILES string of the molecule is CC1(C)C(NCC(O)c2cccc(C(F)(F)F)c2)C2CCOC21. The van der Waals surface area contributed by atoms with Crippen molar-refractivity contribution in [3.8, 4) is 0 Å². The zero-order valence-electron chi connectivity index (χ0n) is 13.2. The van der Waals surface area contributed by atoms with Gasteiger partial charge in [0, 0.05) is 30.5 Å². The maximum Gasteiger partial charge on any atom is 0.416 e. The molecule has 2 fully saturated rings. The second-order valence-electron chi connectivity index (χ2n) is 7.09. The Morgan fingerprint density at radius 2 is 2.13 bits per heavy atom. The Bertz CT molecular complexity index is 573. The van der Waals surface area contributed by atoms with Crippen molar-refractivity contribution in [2.24, 2.45) is 11.3 Å². The van der Waals surface area contributed by atoms with Crippen molar-refractivity contribution < 1.29 is 23.0 Å². The minimum atomic E-state index is -4.40. The van der Waals surface area contributed by atoms with Gasteiger partial charge in [0.25, 0.3) is 0 Å². The van der Waals surface area contributed by atoms with E-state index in [4.69, 9.17) is 4.74 Å². The molecule has 4 unspecified atom stereocenters. The molecule has 1 aromatic carbocycles. The largest absolute Gasteiger partial charge is 0.416 e. The van der Waals surface area contributed by atoms with Gasteiger partial charge in [-0.3, -0.25) is 0 Å². The standard InChI is InChI=1S/C17H22F3NO2/c1-16(2)14(12-6-7-23-15(12)16)21-9-13(22)10-4-3-5-11(8-10)17(18,19)20/h3-5,8,12-15,21-22H,6-7,9H2,1-2H3. The van der Waals surface area contributed by atoms with E-state index < -0.39 is 17.8 Å². The fourth-order valence-electron chi connectivity index (χ4n) is 4.02. The Hall–Kier alpha value is -1.11. The number of aliphatic hydroxyl groups is 1. The van der Waals surface area contributed by atoms with Gasteiger partial charge in [-0.1, -0.05) is 26.0 Å². The Morgan fingerprint density at radius 3 is 2.83 bits per heavy atom. The second kappa shape index (κ2) is 5.76. The Balaban J connectivity index is 1.63. The molecule has 1 aliphatic heterocycles. The molecule has 3 nitrogen and oxygen atoms in total. The van der Waals surface area contributed by atoms with E-state index in [1.165, 1.54) is 12.1 Å². The van der Waals surface area contributed by atoms with Gasteiger partial charge in [0.15, 0.2) is 0 Å². The van der Waals surface area contributed by atoms with Gasteiger partial charge in [-0.15, -0.1) is 0 Å². The van der Waals surface area contributed by atoms with Crippen molar-refractivity contribution >= 4 is 0 Å². The average molecular weight is 329 g/mol. The molecule has 1 aliphatic carbocycles. The van der Waals surface area contributed by atoms with Gasteiger partial charge in [0.2, 0.25) is 0 Å². The summed E-state index contributed by atoms with van der Waals surface area (Å²) in [7, 11) is 0. The van der Waals surface area contributed by atoms with Crippen molar-refractivity contribution in [1.29, 1.82) is 0 Å². The van der Waals surface area contributed by atoms with E-state index in [-0.39, 0.29) is 29.7 Å². The van der Waals surface area contributed by atoms with Crippen molar-refractivity contribution in [2.45, 2.75) is 44.7 Å². The molecule has 0 bridgehead atoms. The summed E-state index contributed by atoms with van der Waals surface area (Å²) in [5.41, 5.74) is -0.472. The van der Waals surface area contributed by atoms with E-state index in [1.807, 2.05) is 0 Å². The molecule has 2 N–H and O–H groups in total. The van der Waals surface area contributed by atoms with Crippen LogP contribution >= 0.6 is 0 Å². The van der Waals surface area contributed by atoms with Crippen LogP contribution in [0.2, 0.25) is 0 Å². The highest BCUT2D eigenvalue weighted by molar-refractivity contribution is 5.27. The number of alkyl halides is 3. The maximum absolute atomic E-state index is 12.7. The van der Waals surface area contributed by atoms with Gasteiger partial charge >= 0.3 is 6.18 Å². The molecule has 2 aliphatic rings. The molecule has 0 radical (unpaired) electrons. The van der Waals surface area contributed by atoms with Crippen LogP contribution in [0.1, 0.15) is 37.5 Å². The minimum Gasteiger partial charge on any atom is -0.387 e. The van der Waals surface area contributed by atoms with Crippen LogP contribution in [0.15, 0.2) is 24.3 Å². The summed E-state index contributed by atoms with van der Waals surface area (Å²) in [6.07, 6.45) is -4.13. The van der Waals surface area contributed by atoms with Gasteiger partial charge in [-0.05, 0) is 24.1 Å². The topological polar surface area (TPSA) is 41.5 Å². The third-order valence-electron chi connectivity index (χ3n) is 5.23. The maximum atomic E-state index is 12.7. The predicted molar refractivity (Wildman–Crippen MR) is 79.8 cm³/mol. The molecular weight excluding hydrogens is 307 g/mol. The number of rotatable bonds is 4. The lowest BCUT2D eigenvalue weighted by molar-refractivity contribution is -0.137. The van der Waals surface area contributed by atoms with E-state index in [9.17, 15) is 18.3 Å². The van der Waals surface area contributed by atoms with Crippen molar-refractivity contribution in [2.75, 3.05) is 13.2 Å². The molecule has 23 heavy (non-hydrogen) atoms. The highest BCUT2D eigenvalue weighted by Crippen LogP contribution is 2.52. The number of aliphatic hydroxyl groups excluding tert-OH is 1. The van der Waals surface area contributed by atoms with E-state index >= 15 is 0 Å². The Morgan fingerprint density at radius 1 is 1.39 bits per heavy atom. The van der Waals surface area contributed by atoms with Crippen LogP contribution in [0.4, 0.5) is 13.2 Å². The number of fused-ring (bicyclic) bond motifs is 1. The molecule has 1 heterocycles. The van der Waals surface area contributed by atoms with Gasteiger partial charge in [0.05, 0.1) is 17.8 Å². The first-order chi connectivity index (χ1) is 10.7. The van der Waals surface area contributed by atoms with E-state index in [0.717, 1.165) is 25.2 Å². The van der Waals surface area contributed by atoms with Crippen LogP contribution in [-0.4, -0.2) is 30.4 Å². The zero-order chi connectivity index (χ0) is 16.8. The molecule has 4 atom stereocenters. The third-order valence-corrected chi connectivity index (χ3v) is 5.23. The molecule has 128 valence electrons. The minimum absolute atomic E-state index is 0.0191. The highest BCUT2D eigenvalue weighted by Gasteiger charge is 2.58. The van der Waals surface area contributed by atoms with Crippen LogP contribution in [0.5, 0.6) is 0 Å². The summed E-state index contributed by atoms with van der Waals surface area (Å²) in [6.45, 7) is 5.23. The molecule has 6 heteroatoms. The van der Waals surface area contributed by atoms with Crippen LogP contribution in [0.3, 0.4) is 0 Å². The van der Waals surface area contributed by atoms with Crippen molar-refractivity contribution in [1.82, 2.24) is 5.32 Å². The zero-order valence-corrected chi connectivity index (χ0v) is 13.2. The molecular formula is C17H22F3NO2. The number of hydrogen-bond donors (Lipinski definition) is 2. The number of hydrogen-bond acceptors (Lipinski definition) is 3. The number of nitrogens with one attached hydrogen (secondary N) is 1. The fraction of sp³-hybridized carbons (Fsp3) is 0.647. The summed E-state index contributed by atoms with van der Waals surface area (Å²) in [5, 5.41) is 13.6. The fourth-order valence-corrected chi connectivity index (χ4v) is 4.02. The number of ether oxygens (including phenoxy) is 1. The van der Waals surface area contributed by atoms with Gasteiger partial charge < -0.3 is 15.2 Å². The lowest BCUT2D eigenvalue weighted by Gasteiger charge is -2.55. The lowest BCUT2D eigenvalue weighted by Crippen LogP contribution is -2.66. The second-order valence-corrected chi connectivity index (χ2v) is 7.09. The number of benzene rings is 1. The molecule has 0 aromatic heterocycles. The van der Waals surface area contributed by atoms with E-state index in [1.54, 1.807) is 0 Å². The first-order valence-electron chi connectivity index (χ1n) is 7.91. The summed E-state index contributed by atoms with van der Waals surface area (Å²) in [5.74, 6) is 0.429. The predicted octanol–water partition coefficient (Wildman–Crippen LogP) is 3.14. The van der Waals surface area contributed by atoms with E-state index in [0.29, 0.717) is 5.92 Å². The smallest absolute Gasteiger partial charge is 0.387 e. The first-order valence-corrected chi connectivity index (χ1v) is 7.91. The summed E-state index contributed by atoms with van der Waals surface area (Å²) in [4.78, 5) is 0. The molecule has 3 rings (SSSR count). The summed E-state index contributed by atoms with van der Waals surface area (Å²) >= 11 is 0. The third kappa shape index (κ3) is 2.99. The van der Waals surface area contributed by atoms with Crippen LogP contribution in [0.25, 0.3) is 0 Å². The Labute approximate surface area is 133 Å². The highest BCUT2D eigenvalue weighted by atomic mass is 19.4. The number of halogens is 3. The van der Waals surface area contributed by atoms with Gasteiger partial charge in [-0.25, -0.2) is 0 Å². The summed E-state index contributed by atoms with van der Waals surface area (Å²) < 4.78 is 44.0. The van der Waals surface area contributed by atoms with E-state index in [2.05, 4.69) is 19.2 Å². The normalized spacial score (nSPS) is 30.6. The lowest BCUT2D eigenvalue weighted by atomic mass is 9.57. The van der Waals surface area contributed by atoms with Crippen molar-refractivity contribution in [3.63, 3.8) is 0 Å². The molecule has 0 spiro atoms. The molecule has 1 saturated heterocycles. The van der Waals surface area contributed by atoms with Gasteiger partial charge in [0.1, 0.15) is 0 Å². The molecule has 1 aromatic rings.